The molecule has 24 aliphatic rings. The Bertz CT molecular complexity index is 1790. The van der Waals surface area contributed by atoms with E-state index in [0.717, 1.165) is 0 Å². The van der Waals surface area contributed by atoms with Gasteiger partial charge in [-0.2, -0.15) is 0 Å². The van der Waals surface area contributed by atoms with Crippen LogP contribution in [0.1, 0.15) is 0 Å². The topological polar surface area (TPSA) is 494 Å². The summed E-state index contributed by atoms with van der Waals surface area (Å²) in [5.74, 6) is 0. The summed E-state index contributed by atoms with van der Waals surface area (Å²) in [4.78, 5) is 12.6. The van der Waals surface area contributed by atoms with E-state index in [-0.39, 0.29) is 0 Å². The van der Waals surface area contributed by atoms with Crippen molar-refractivity contribution in [1.82, 2.24) is 10.6 Å². The van der Waals surface area contributed by atoms with Crippen molar-refractivity contribution in [2.24, 2.45) is 0 Å². The molecule has 18 N–H and O–H groups in total. The van der Waals surface area contributed by atoms with E-state index in [4.69, 9.17) is 66.3 Å². The Balaban J connectivity index is 1.05. The molecule has 0 aliphatic carbocycles. The quantitative estimate of drug-likeness (QED) is 0.124. The minimum absolute atomic E-state index is 0.631. The number of hydrogen-bond acceptors (Lipinski definition) is 31. The maximum Gasteiger partial charge on any atom is 0.319 e. The van der Waals surface area contributed by atoms with E-state index in [9.17, 15) is 86.5 Å². The minimum atomic E-state index is -2.16. The van der Waals surface area contributed by atoms with Crippen LogP contribution in [-0.4, -0.2) is 324 Å². The van der Waals surface area contributed by atoms with Crippen molar-refractivity contribution in [2.75, 3.05) is 39.6 Å². The number of urea groups is 1. The monoisotopic (exact) mass is 1050 g/mol. The van der Waals surface area contributed by atoms with Gasteiger partial charge < -0.3 is 159 Å². The SMILES string of the molecule is O=C1NC2OC[C@H]3O[C@@H]4O[C@H]5[C@H](O)[C@@H](O)[C@@H](O[C@H]6[C@H](O)[C@@H](O)[C@@H](O[C@H]7[C@H](O)[C@@H](O)[C@@H](O[C@H]8[C@H](O)[C@@H](O)[C@@H](O[C@H]9[C@H](O)[C@@H](O)[C@@H](O[C@H]3[C@H](O)[C@H]4O)O[C@@H]9CO)O[C@@H]8CO)O[C@@H]7CO)O[C@@H]6CO)O[C@@H]5COC2N1. The number of aliphatic hydroxyl groups is 16. The van der Waals surface area contributed by atoms with Gasteiger partial charge in [-0.15, -0.1) is 0 Å². The van der Waals surface area contributed by atoms with Gasteiger partial charge in [-0.3, -0.25) is 0 Å². The van der Waals surface area contributed by atoms with Gasteiger partial charge in [-0.25, -0.2) is 4.79 Å². The highest BCUT2D eigenvalue weighted by Gasteiger charge is 2.59. The lowest BCUT2D eigenvalue weighted by atomic mass is 9.94. The number of hydrogen-bond donors (Lipinski definition) is 18. The molecule has 0 radical (unpaired) electrons. The number of fused-ring (bicyclic) bond motifs is 1. The standard InChI is InChI=1S/C39H62N2O31/c42-1-7-25-14(47)20(53)34(62-7)69-27-9(3-44)64-36(22(55)16(27)49)71-29-11-5-59-31-32(41-39(58)40-31)60-6-12-30(72-38(66-11)24(57)18(29)51)17(50)23(56)37(65-12)70-28-10(4-45)63-35(21(54)15(28)48)68-26-8(2-43)61-33(67-25)19(52)13(26)46/h7-38,42-57H,1-6H2,(H2,40,41,58)/t7-,8-,9-,10-,11-,12-,13-,14-,15-,16-,17-,18-,19-,20-,21-,22-,23-,24-,25-,26-,27-,28-,29-,30-,31?,32?,33-,34-,35-,36-,37-,38-/m1/s1. The minimum Gasteiger partial charge on any atom is -0.394 e. The fourth-order valence-corrected chi connectivity index (χ4v) is 10.0. The first-order chi connectivity index (χ1) is 34.4. The van der Waals surface area contributed by atoms with Crippen LogP contribution in [0.25, 0.3) is 0 Å². The highest BCUT2D eigenvalue weighted by Crippen LogP contribution is 2.38. The Morgan fingerprint density at radius 1 is 0.319 bits per heavy atom. The molecule has 72 heavy (non-hydrogen) atoms. The molecular weight excluding hydrogens is 992 g/mol. The molecular formula is C39H62N2O31. The lowest BCUT2D eigenvalue weighted by Crippen LogP contribution is -2.69. The maximum atomic E-state index is 12.6. The van der Waals surface area contributed by atoms with Crippen molar-refractivity contribution >= 4 is 6.03 Å². The van der Waals surface area contributed by atoms with E-state index in [1.807, 2.05) is 0 Å². The normalized spacial score (nSPS) is 55.6. The number of aliphatic hydroxyl groups excluding tert-OH is 16. The predicted octanol–water partition coefficient (Wildman–Crippen LogP) is -13.0. The van der Waals surface area contributed by atoms with Gasteiger partial charge >= 0.3 is 6.03 Å². The lowest BCUT2D eigenvalue weighted by Gasteiger charge is -2.51. The summed E-state index contributed by atoms with van der Waals surface area (Å²) in [6.45, 7) is -5.28. The number of carbonyl (C=O) groups excluding carboxylic acids is 1. The Labute approximate surface area is 405 Å². The molecule has 24 saturated heterocycles. The van der Waals surface area contributed by atoms with Gasteiger partial charge in [-0.05, 0) is 0 Å². The first-order valence-electron chi connectivity index (χ1n) is 23.1. The maximum absolute atomic E-state index is 12.6. The first kappa shape index (κ1) is 54.8. The average Bonchev–Trinajstić information content (AvgIpc) is 3.73. The number of nitrogens with one attached hydrogen (secondary N) is 2. The third-order valence-corrected chi connectivity index (χ3v) is 14.0. The van der Waals surface area contributed by atoms with E-state index in [1.165, 1.54) is 0 Å². The highest BCUT2D eigenvalue weighted by molar-refractivity contribution is 5.76. The molecule has 0 aromatic heterocycles. The van der Waals surface area contributed by atoms with Gasteiger partial charge in [-0.1, -0.05) is 0 Å². The van der Waals surface area contributed by atoms with Crippen LogP contribution < -0.4 is 10.6 Å². The fraction of sp³-hybridized carbons (Fsp3) is 0.974. The smallest absolute Gasteiger partial charge is 0.319 e. The van der Waals surface area contributed by atoms with Crippen molar-refractivity contribution in [3.63, 3.8) is 0 Å². The van der Waals surface area contributed by atoms with Crippen LogP contribution in [0.4, 0.5) is 4.79 Å². The molecule has 0 saturated carbocycles. The van der Waals surface area contributed by atoms with Crippen molar-refractivity contribution in [3.05, 3.63) is 0 Å². The third-order valence-electron chi connectivity index (χ3n) is 14.0. The van der Waals surface area contributed by atoms with E-state index in [0.29, 0.717) is 0 Å². The summed E-state index contributed by atoms with van der Waals surface area (Å²) in [6, 6.07) is -0.799. The molecule has 33 heteroatoms. The molecule has 24 aliphatic heterocycles. The van der Waals surface area contributed by atoms with Crippen LogP contribution in [0, 0.1) is 0 Å². The zero-order valence-corrected chi connectivity index (χ0v) is 37.5. The van der Waals surface area contributed by atoms with Crippen molar-refractivity contribution < 1.29 is 153 Å². The second kappa shape index (κ2) is 22.6. The molecule has 0 aromatic rings. The highest BCUT2D eigenvalue weighted by atomic mass is 16.8. The fourth-order valence-electron chi connectivity index (χ4n) is 10.0. The molecule has 0 aromatic carbocycles. The third kappa shape index (κ3) is 10.3. The molecule has 0 spiro atoms. The summed E-state index contributed by atoms with van der Waals surface area (Å²) in [5, 5.41) is 183. The van der Waals surface area contributed by atoms with Crippen LogP contribution in [0.15, 0.2) is 0 Å². The van der Waals surface area contributed by atoms with Crippen LogP contribution in [0.5, 0.6) is 0 Å². The number of carbonyl (C=O) groups is 1. The van der Waals surface area contributed by atoms with E-state index in [2.05, 4.69) is 10.6 Å². The number of ether oxygens (including phenoxy) is 14. The van der Waals surface area contributed by atoms with Gasteiger partial charge in [0.2, 0.25) is 0 Å². The summed E-state index contributed by atoms with van der Waals surface area (Å²) in [7, 11) is 0. The van der Waals surface area contributed by atoms with E-state index >= 15 is 0 Å². The van der Waals surface area contributed by atoms with Crippen LogP contribution >= 0.6 is 0 Å². The zero-order chi connectivity index (χ0) is 51.6. The molecule has 32 atom stereocenters. The van der Waals surface area contributed by atoms with Gasteiger partial charge in [0.15, 0.2) is 50.2 Å². The van der Waals surface area contributed by atoms with E-state index < -0.39 is 242 Å². The zero-order valence-electron chi connectivity index (χ0n) is 37.5. The Morgan fingerprint density at radius 3 is 0.792 bits per heavy atom. The molecule has 14 bridgehead atoms. The van der Waals surface area contributed by atoms with Gasteiger partial charge in [0.1, 0.15) is 146 Å². The van der Waals surface area contributed by atoms with Crippen molar-refractivity contribution in [3.8, 4) is 0 Å². The second-order valence-corrected chi connectivity index (χ2v) is 18.6. The van der Waals surface area contributed by atoms with Crippen LogP contribution in [0.3, 0.4) is 0 Å². The van der Waals surface area contributed by atoms with Gasteiger partial charge in [0, 0.05) is 0 Å². The summed E-state index contributed by atoms with van der Waals surface area (Å²) < 4.78 is 81.6. The average molecular weight is 1050 g/mol. The molecule has 24 heterocycles. The van der Waals surface area contributed by atoms with Crippen molar-refractivity contribution in [1.29, 1.82) is 0 Å². The lowest BCUT2D eigenvalue weighted by molar-refractivity contribution is -0.405. The largest absolute Gasteiger partial charge is 0.394 e. The Morgan fingerprint density at radius 2 is 0.542 bits per heavy atom. The summed E-state index contributed by atoms with van der Waals surface area (Å²) in [5.41, 5.74) is 0. The van der Waals surface area contributed by atoms with Crippen LogP contribution in [0.2, 0.25) is 0 Å². The van der Waals surface area contributed by atoms with Gasteiger partial charge in [0.25, 0.3) is 0 Å². The van der Waals surface area contributed by atoms with Crippen molar-refractivity contribution in [2.45, 2.75) is 197 Å². The Hall–Kier alpha value is -1.93. The summed E-state index contributed by atoms with van der Waals surface area (Å²) in [6.07, 6.45) is -61.0. The van der Waals surface area contributed by atoms with E-state index in [1.54, 1.807) is 0 Å². The second-order valence-electron chi connectivity index (χ2n) is 18.6. The molecule has 24 rings (SSSR count). The summed E-state index contributed by atoms with van der Waals surface area (Å²) >= 11 is 0. The molecule has 414 valence electrons. The first-order valence-corrected chi connectivity index (χ1v) is 23.1. The molecule has 2 amide bonds. The number of rotatable bonds is 4. The van der Waals surface area contributed by atoms with Gasteiger partial charge in [0.05, 0.1) is 39.6 Å². The van der Waals surface area contributed by atoms with Crippen LogP contribution in [-0.2, 0) is 66.3 Å². The molecule has 33 nitrogen and oxygen atoms in total. The number of amides is 2. The Kier molecular flexibility index (Phi) is 17.2. The predicted molar refractivity (Wildman–Crippen MR) is 213 cm³/mol. The molecule has 2 unspecified atom stereocenters. The molecule has 24 fully saturated rings.